The van der Waals surface area contributed by atoms with E-state index >= 15 is 0 Å². The van der Waals surface area contributed by atoms with Gasteiger partial charge in [0.15, 0.2) is 0 Å². The normalized spacial score (nSPS) is 11.3. The maximum atomic E-state index is 3.39. The second kappa shape index (κ2) is 5.57. The predicted octanol–water partition coefficient (Wildman–Crippen LogP) is 3.34. The van der Waals surface area contributed by atoms with Gasteiger partial charge >= 0.3 is 0 Å². The highest BCUT2D eigenvalue weighted by molar-refractivity contribution is 5.89. The molecule has 1 N–H and O–H groups in total. The molecule has 0 fully saturated rings. The molecule has 1 aromatic carbocycles. The summed E-state index contributed by atoms with van der Waals surface area (Å²) in [5.74, 6) is 0. The second-order valence-corrected chi connectivity index (χ2v) is 5.15. The number of benzene rings is 1. The average molecular weight is 244 g/mol. The van der Waals surface area contributed by atoms with Crippen LogP contribution in [-0.2, 0) is 13.5 Å². The molecule has 1 aromatic heterocycles. The third kappa shape index (κ3) is 2.44. The van der Waals surface area contributed by atoms with Crippen molar-refractivity contribution in [2.75, 3.05) is 13.1 Å². The minimum Gasteiger partial charge on any atom is -0.350 e. The molecule has 0 unspecified atom stereocenters. The van der Waals surface area contributed by atoms with Gasteiger partial charge in [-0.25, -0.2) is 0 Å². The molecule has 0 amide bonds. The summed E-state index contributed by atoms with van der Waals surface area (Å²) in [6.45, 7) is 8.75. The SMILES string of the molecule is CCNCCCc1cn(C)c2c(C)ccc(C)c12. The van der Waals surface area contributed by atoms with Crippen molar-refractivity contribution in [1.29, 1.82) is 0 Å². The molecule has 0 saturated carbocycles. The van der Waals surface area contributed by atoms with E-state index in [1.165, 1.54) is 34.0 Å². The van der Waals surface area contributed by atoms with E-state index in [2.05, 4.69) is 56.0 Å². The molecule has 0 aliphatic carbocycles. The van der Waals surface area contributed by atoms with Crippen LogP contribution in [0.4, 0.5) is 0 Å². The van der Waals surface area contributed by atoms with Gasteiger partial charge in [0.05, 0.1) is 5.52 Å². The zero-order chi connectivity index (χ0) is 13.1. The number of aromatic nitrogens is 1. The van der Waals surface area contributed by atoms with Gasteiger partial charge in [-0.1, -0.05) is 19.1 Å². The van der Waals surface area contributed by atoms with E-state index in [0.29, 0.717) is 0 Å². The van der Waals surface area contributed by atoms with Crippen molar-refractivity contribution >= 4 is 10.9 Å². The molecule has 1 heterocycles. The van der Waals surface area contributed by atoms with Gasteiger partial charge in [0, 0.05) is 18.6 Å². The van der Waals surface area contributed by atoms with Crippen LogP contribution in [0.15, 0.2) is 18.3 Å². The summed E-state index contributed by atoms with van der Waals surface area (Å²) in [6, 6.07) is 4.46. The number of aryl methyl sites for hydroxylation is 4. The highest BCUT2D eigenvalue weighted by Gasteiger charge is 2.10. The standard InChI is InChI=1S/C16H24N2/c1-5-17-10-6-7-14-11-18(4)16-13(3)9-8-12(2)15(14)16/h8-9,11,17H,5-7,10H2,1-4H3. The molecule has 2 aromatic rings. The predicted molar refractivity (Wildman–Crippen MR) is 79.3 cm³/mol. The largest absolute Gasteiger partial charge is 0.350 e. The average Bonchev–Trinajstić information content (AvgIpc) is 2.68. The molecule has 0 radical (unpaired) electrons. The van der Waals surface area contributed by atoms with Crippen LogP contribution < -0.4 is 5.32 Å². The van der Waals surface area contributed by atoms with Crippen molar-refractivity contribution < 1.29 is 0 Å². The summed E-state index contributed by atoms with van der Waals surface area (Å²) >= 11 is 0. The molecule has 2 nitrogen and oxygen atoms in total. The summed E-state index contributed by atoms with van der Waals surface area (Å²) in [5, 5.41) is 4.86. The monoisotopic (exact) mass is 244 g/mol. The molecule has 2 heteroatoms. The Bertz CT molecular complexity index is 538. The molecule has 0 aliphatic heterocycles. The second-order valence-electron chi connectivity index (χ2n) is 5.15. The number of nitrogens with one attached hydrogen (secondary N) is 1. The lowest BCUT2D eigenvalue weighted by molar-refractivity contribution is 0.673. The lowest BCUT2D eigenvalue weighted by atomic mass is 10.0. The molecule has 0 saturated heterocycles. The Morgan fingerprint density at radius 2 is 1.89 bits per heavy atom. The Morgan fingerprint density at radius 1 is 1.17 bits per heavy atom. The first-order valence-electron chi connectivity index (χ1n) is 6.90. The van der Waals surface area contributed by atoms with Crippen LogP contribution in [0.3, 0.4) is 0 Å². The number of nitrogens with zero attached hydrogens (tertiary/aromatic N) is 1. The van der Waals surface area contributed by atoms with Gasteiger partial charge in [0.25, 0.3) is 0 Å². The van der Waals surface area contributed by atoms with Gasteiger partial charge in [0.2, 0.25) is 0 Å². The minimum absolute atomic E-state index is 1.06. The van der Waals surface area contributed by atoms with Gasteiger partial charge in [0.1, 0.15) is 0 Å². The molecular formula is C16H24N2. The van der Waals surface area contributed by atoms with E-state index in [-0.39, 0.29) is 0 Å². The Hall–Kier alpha value is -1.28. The Labute approximate surface area is 110 Å². The summed E-state index contributed by atoms with van der Waals surface area (Å²) in [6.07, 6.45) is 4.67. The van der Waals surface area contributed by atoms with Crippen molar-refractivity contribution in [2.45, 2.75) is 33.6 Å². The van der Waals surface area contributed by atoms with Crippen LogP contribution in [0.2, 0.25) is 0 Å². The first-order valence-corrected chi connectivity index (χ1v) is 6.90. The van der Waals surface area contributed by atoms with Crippen LogP contribution in [0.5, 0.6) is 0 Å². The van der Waals surface area contributed by atoms with Gasteiger partial charge < -0.3 is 9.88 Å². The van der Waals surface area contributed by atoms with Crippen molar-refractivity contribution in [2.24, 2.45) is 7.05 Å². The van der Waals surface area contributed by atoms with Crippen LogP contribution in [-0.4, -0.2) is 17.7 Å². The number of rotatable bonds is 5. The van der Waals surface area contributed by atoms with Gasteiger partial charge in [-0.3, -0.25) is 0 Å². The topological polar surface area (TPSA) is 17.0 Å². The highest BCUT2D eigenvalue weighted by Crippen LogP contribution is 2.27. The fraction of sp³-hybridized carbons (Fsp3) is 0.500. The van der Waals surface area contributed by atoms with Gasteiger partial charge in [-0.2, -0.15) is 0 Å². The summed E-state index contributed by atoms with van der Waals surface area (Å²) < 4.78 is 2.28. The third-order valence-corrected chi connectivity index (χ3v) is 3.66. The Kier molecular flexibility index (Phi) is 4.07. The van der Waals surface area contributed by atoms with Crippen molar-refractivity contribution in [3.63, 3.8) is 0 Å². The third-order valence-electron chi connectivity index (χ3n) is 3.66. The van der Waals surface area contributed by atoms with E-state index in [9.17, 15) is 0 Å². The summed E-state index contributed by atoms with van der Waals surface area (Å²) in [7, 11) is 2.16. The van der Waals surface area contributed by atoms with Crippen molar-refractivity contribution in [3.05, 3.63) is 35.0 Å². The molecular weight excluding hydrogens is 220 g/mol. The van der Waals surface area contributed by atoms with E-state index in [4.69, 9.17) is 0 Å². The Morgan fingerprint density at radius 3 is 2.61 bits per heavy atom. The van der Waals surface area contributed by atoms with Gasteiger partial charge in [-0.15, -0.1) is 0 Å². The Balaban J connectivity index is 2.31. The minimum atomic E-state index is 1.06. The fourth-order valence-electron chi connectivity index (χ4n) is 2.79. The maximum absolute atomic E-state index is 3.39. The lowest BCUT2D eigenvalue weighted by Crippen LogP contribution is -2.14. The molecule has 0 aliphatic rings. The summed E-state index contributed by atoms with van der Waals surface area (Å²) in [5.41, 5.74) is 5.66. The molecule has 0 spiro atoms. The number of hydrogen-bond donors (Lipinski definition) is 1. The van der Waals surface area contributed by atoms with E-state index < -0.39 is 0 Å². The summed E-state index contributed by atoms with van der Waals surface area (Å²) in [4.78, 5) is 0. The van der Waals surface area contributed by atoms with Crippen LogP contribution in [0, 0.1) is 13.8 Å². The quantitative estimate of drug-likeness (QED) is 0.798. The smallest absolute Gasteiger partial charge is 0.0512 e. The lowest BCUT2D eigenvalue weighted by Gasteiger charge is -2.05. The molecule has 98 valence electrons. The molecule has 2 rings (SSSR count). The zero-order valence-corrected chi connectivity index (χ0v) is 12.0. The van der Waals surface area contributed by atoms with E-state index in [1.807, 2.05) is 0 Å². The van der Waals surface area contributed by atoms with Crippen molar-refractivity contribution in [1.82, 2.24) is 9.88 Å². The first kappa shape index (κ1) is 13.2. The fourth-order valence-corrected chi connectivity index (χ4v) is 2.79. The first-order chi connectivity index (χ1) is 8.65. The molecule has 18 heavy (non-hydrogen) atoms. The molecule has 0 atom stereocenters. The van der Waals surface area contributed by atoms with Crippen molar-refractivity contribution in [3.8, 4) is 0 Å². The van der Waals surface area contributed by atoms with Crippen LogP contribution >= 0.6 is 0 Å². The maximum Gasteiger partial charge on any atom is 0.0512 e. The number of fused-ring (bicyclic) bond motifs is 1. The van der Waals surface area contributed by atoms with E-state index in [0.717, 1.165) is 19.5 Å². The zero-order valence-electron chi connectivity index (χ0n) is 12.0. The van der Waals surface area contributed by atoms with E-state index in [1.54, 1.807) is 0 Å². The van der Waals surface area contributed by atoms with Crippen LogP contribution in [0.25, 0.3) is 10.9 Å². The van der Waals surface area contributed by atoms with Crippen LogP contribution in [0.1, 0.15) is 30.0 Å². The number of hydrogen-bond acceptors (Lipinski definition) is 1. The highest BCUT2D eigenvalue weighted by atomic mass is 14.9. The molecule has 0 bridgehead atoms. The van der Waals surface area contributed by atoms with Gasteiger partial charge in [-0.05, 0) is 56.5 Å².